The van der Waals surface area contributed by atoms with E-state index in [0.717, 1.165) is 51.9 Å². The highest BCUT2D eigenvalue weighted by Crippen LogP contribution is 2.25. The van der Waals surface area contributed by atoms with Crippen LogP contribution in [-0.4, -0.2) is 50.3 Å². The lowest BCUT2D eigenvalue weighted by molar-refractivity contribution is 0.0177. The van der Waals surface area contributed by atoms with Gasteiger partial charge in [0.25, 0.3) is 0 Å². The van der Waals surface area contributed by atoms with Gasteiger partial charge in [0.05, 0.1) is 25.8 Å². The molecular formula is C19H28N4OS2. The SMILES string of the molecule is CCNC(=NCc1ccc(C)s1)NCC(c1cccs1)N1CCOCC1. The fourth-order valence-corrected chi connectivity index (χ4v) is 4.72. The summed E-state index contributed by atoms with van der Waals surface area (Å²) < 4.78 is 5.53. The molecule has 2 N–H and O–H groups in total. The maximum absolute atomic E-state index is 5.53. The van der Waals surface area contributed by atoms with Gasteiger partial charge in [-0.1, -0.05) is 6.07 Å². The zero-order chi connectivity index (χ0) is 18.2. The highest BCUT2D eigenvalue weighted by Gasteiger charge is 2.23. The van der Waals surface area contributed by atoms with Crippen molar-refractivity contribution in [3.8, 4) is 0 Å². The van der Waals surface area contributed by atoms with E-state index in [0.29, 0.717) is 6.04 Å². The minimum atomic E-state index is 0.353. The molecule has 26 heavy (non-hydrogen) atoms. The standard InChI is InChI=1S/C19H28N4OS2/c1-3-20-19(21-13-16-7-6-15(2)26-16)22-14-17(18-5-4-12-25-18)23-8-10-24-11-9-23/h4-7,12,17H,3,8-11,13-14H2,1-2H3,(H2,20,21,22). The predicted octanol–water partition coefficient (Wildman–Crippen LogP) is 3.25. The summed E-state index contributed by atoms with van der Waals surface area (Å²) in [5, 5.41) is 9.07. The largest absolute Gasteiger partial charge is 0.379 e. The molecule has 2 aromatic rings. The van der Waals surface area contributed by atoms with Gasteiger partial charge in [0.2, 0.25) is 0 Å². The van der Waals surface area contributed by atoms with Gasteiger partial charge in [-0.3, -0.25) is 4.90 Å². The van der Waals surface area contributed by atoms with Crippen LogP contribution in [0.3, 0.4) is 0 Å². The van der Waals surface area contributed by atoms with E-state index in [2.05, 4.69) is 59.0 Å². The van der Waals surface area contributed by atoms with Crippen LogP contribution in [0.15, 0.2) is 34.6 Å². The molecule has 0 spiro atoms. The van der Waals surface area contributed by atoms with Crippen molar-refractivity contribution in [3.63, 3.8) is 0 Å². The second-order valence-corrected chi connectivity index (χ2v) is 8.62. The Morgan fingerprint density at radius 2 is 2.12 bits per heavy atom. The van der Waals surface area contributed by atoms with Gasteiger partial charge in [-0.25, -0.2) is 4.99 Å². The minimum Gasteiger partial charge on any atom is -0.379 e. The number of hydrogen-bond acceptors (Lipinski definition) is 5. The van der Waals surface area contributed by atoms with Gasteiger partial charge in [0, 0.05) is 40.8 Å². The number of hydrogen-bond donors (Lipinski definition) is 2. The highest BCUT2D eigenvalue weighted by molar-refractivity contribution is 7.11. The molecule has 0 saturated carbocycles. The fraction of sp³-hybridized carbons (Fsp3) is 0.526. The number of rotatable bonds is 7. The molecule has 3 heterocycles. The quantitative estimate of drug-likeness (QED) is 0.561. The molecule has 1 saturated heterocycles. The van der Waals surface area contributed by atoms with E-state index in [-0.39, 0.29) is 0 Å². The topological polar surface area (TPSA) is 48.9 Å². The third-order valence-electron chi connectivity index (χ3n) is 4.35. The Morgan fingerprint density at radius 3 is 2.77 bits per heavy atom. The van der Waals surface area contributed by atoms with Crippen LogP contribution in [0.1, 0.15) is 27.6 Å². The Balaban J connectivity index is 1.64. The molecule has 3 rings (SSSR count). The van der Waals surface area contributed by atoms with Crippen LogP contribution in [0.25, 0.3) is 0 Å². The van der Waals surface area contributed by atoms with Gasteiger partial charge < -0.3 is 15.4 Å². The summed E-state index contributed by atoms with van der Waals surface area (Å²) in [6, 6.07) is 9.03. The maximum Gasteiger partial charge on any atom is 0.191 e. The maximum atomic E-state index is 5.53. The van der Waals surface area contributed by atoms with E-state index >= 15 is 0 Å². The minimum absolute atomic E-state index is 0.353. The first kappa shape index (κ1) is 19.4. The number of nitrogens with zero attached hydrogens (tertiary/aromatic N) is 2. The van der Waals surface area contributed by atoms with Crippen LogP contribution in [0, 0.1) is 6.92 Å². The molecule has 0 amide bonds. The molecule has 0 aliphatic carbocycles. The molecule has 1 aliphatic heterocycles. The lowest BCUT2D eigenvalue weighted by Crippen LogP contribution is -2.46. The van der Waals surface area contributed by atoms with E-state index in [1.807, 2.05) is 22.7 Å². The Bertz CT molecular complexity index is 678. The van der Waals surface area contributed by atoms with E-state index in [4.69, 9.17) is 9.73 Å². The summed E-state index contributed by atoms with van der Waals surface area (Å²) in [5.41, 5.74) is 0. The van der Waals surface area contributed by atoms with Crippen LogP contribution in [-0.2, 0) is 11.3 Å². The number of aryl methyl sites for hydroxylation is 1. The number of aliphatic imine (C=N–C) groups is 1. The second kappa shape index (κ2) is 10.1. The molecule has 142 valence electrons. The van der Waals surface area contributed by atoms with Crippen molar-refractivity contribution in [3.05, 3.63) is 44.3 Å². The van der Waals surface area contributed by atoms with Crippen molar-refractivity contribution in [1.29, 1.82) is 0 Å². The van der Waals surface area contributed by atoms with Gasteiger partial charge >= 0.3 is 0 Å². The molecule has 1 fully saturated rings. The first-order valence-corrected chi connectivity index (χ1v) is 10.9. The van der Waals surface area contributed by atoms with Gasteiger partial charge in [-0.2, -0.15) is 0 Å². The van der Waals surface area contributed by atoms with Crippen molar-refractivity contribution in [1.82, 2.24) is 15.5 Å². The van der Waals surface area contributed by atoms with Crippen molar-refractivity contribution >= 4 is 28.6 Å². The molecule has 7 heteroatoms. The number of morpholine rings is 1. The monoisotopic (exact) mass is 392 g/mol. The number of guanidine groups is 1. The molecular weight excluding hydrogens is 364 g/mol. The third-order valence-corrected chi connectivity index (χ3v) is 6.31. The number of ether oxygens (including phenoxy) is 1. The molecule has 0 bridgehead atoms. The van der Waals surface area contributed by atoms with E-state index in [1.165, 1.54) is 14.6 Å². The highest BCUT2D eigenvalue weighted by atomic mass is 32.1. The summed E-state index contributed by atoms with van der Waals surface area (Å²) in [7, 11) is 0. The Labute approximate surface area is 164 Å². The molecule has 1 unspecified atom stereocenters. The molecule has 0 radical (unpaired) electrons. The molecule has 1 atom stereocenters. The summed E-state index contributed by atoms with van der Waals surface area (Å²) in [4.78, 5) is 11.3. The van der Waals surface area contributed by atoms with Crippen molar-refractivity contribution in [2.45, 2.75) is 26.4 Å². The molecule has 0 aromatic carbocycles. The average molecular weight is 393 g/mol. The third kappa shape index (κ3) is 5.54. The first-order valence-electron chi connectivity index (χ1n) is 9.19. The van der Waals surface area contributed by atoms with Crippen LogP contribution in [0.2, 0.25) is 0 Å². The van der Waals surface area contributed by atoms with Crippen LogP contribution in [0.5, 0.6) is 0 Å². The number of nitrogens with one attached hydrogen (secondary N) is 2. The van der Waals surface area contributed by atoms with Crippen molar-refractivity contribution < 1.29 is 4.74 Å². The van der Waals surface area contributed by atoms with E-state index < -0.39 is 0 Å². The van der Waals surface area contributed by atoms with E-state index in [1.54, 1.807) is 0 Å². The van der Waals surface area contributed by atoms with Gasteiger partial charge in [0.15, 0.2) is 5.96 Å². The smallest absolute Gasteiger partial charge is 0.191 e. The van der Waals surface area contributed by atoms with Crippen LogP contribution in [0.4, 0.5) is 0 Å². The van der Waals surface area contributed by atoms with Crippen LogP contribution < -0.4 is 10.6 Å². The molecule has 5 nitrogen and oxygen atoms in total. The zero-order valence-corrected chi connectivity index (χ0v) is 17.2. The van der Waals surface area contributed by atoms with Crippen molar-refractivity contribution in [2.24, 2.45) is 4.99 Å². The van der Waals surface area contributed by atoms with Gasteiger partial charge in [-0.05, 0) is 37.4 Å². The predicted molar refractivity (Wildman–Crippen MR) is 111 cm³/mol. The molecule has 2 aromatic heterocycles. The Morgan fingerprint density at radius 1 is 1.27 bits per heavy atom. The average Bonchev–Trinajstić information content (AvgIpc) is 3.33. The van der Waals surface area contributed by atoms with Crippen molar-refractivity contribution in [2.75, 3.05) is 39.4 Å². The number of thiophene rings is 2. The summed E-state index contributed by atoms with van der Waals surface area (Å²) in [6.45, 7) is 10.2. The Hall–Kier alpha value is -1.41. The van der Waals surface area contributed by atoms with Gasteiger partial charge in [-0.15, -0.1) is 22.7 Å². The Kier molecular flexibility index (Phi) is 7.49. The zero-order valence-electron chi connectivity index (χ0n) is 15.5. The van der Waals surface area contributed by atoms with Crippen LogP contribution >= 0.6 is 22.7 Å². The summed E-state index contributed by atoms with van der Waals surface area (Å²) in [6.07, 6.45) is 0. The molecule has 1 aliphatic rings. The summed E-state index contributed by atoms with van der Waals surface area (Å²) >= 11 is 3.63. The summed E-state index contributed by atoms with van der Waals surface area (Å²) in [5.74, 6) is 0.883. The van der Waals surface area contributed by atoms with E-state index in [9.17, 15) is 0 Å². The van der Waals surface area contributed by atoms with Gasteiger partial charge in [0.1, 0.15) is 0 Å². The lowest BCUT2D eigenvalue weighted by Gasteiger charge is -2.34. The fourth-order valence-electron chi connectivity index (χ4n) is 3.04. The lowest BCUT2D eigenvalue weighted by atomic mass is 10.2. The first-order chi connectivity index (χ1) is 12.8. The second-order valence-electron chi connectivity index (χ2n) is 6.27. The normalized spacial score (nSPS) is 17.2.